The van der Waals surface area contributed by atoms with Crippen LogP contribution in [0.1, 0.15) is 38.5 Å². The number of nitrogens with two attached hydrogens (primary N) is 1. The minimum absolute atomic E-state index is 0.0446. The van der Waals surface area contributed by atoms with Crippen molar-refractivity contribution in [2.24, 2.45) is 0 Å². The van der Waals surface area contributed by atoms with Crippen molar-refractivity contribution in [3.8, 4) is 0 Å². The second-order valence-corrected chi connectivity index (χ2v) is 5.08. The first-order valence-corrected chi connectivity index (χ1v) is 6.57. The van der Waals surface area contributed by atoms with E-state index in [-0.39, 0.29) is 5.69 Å². The molecule has 1 aromatic carbocycles. The van der Waals surface area contributed by atoms with E-state index in [4.69, 9.17) is 5.73 Å². The molecule has 0 heterocycles. The lowest BCUT2D eigenvalue weighted by molar-refractivity contribution is 0.546. The monoisotopic (exact) mass is 254 g/mol. The predicted octanol–water partition coefficient (Wildman–Crippen LogP) is 3.71. The summed E-state index contributed by atoms with van der Waals surface area (Å²) in [6, 6.07) is 2.49. The van der Waals surface area contributed by atoms with Crippen LogP contribution in [0.3, 0.4) is 0 Å². The van der Waals surface area contributed by atoms with Gasteiger partial charge in [0.05, 0.1) is 11.4 Å². The van der Waals surface area contributed by atoms with Crippen LogP contribution in [0.25, 0.3) is 0 Å². The fraction of sp³-hybridized carbons (Fsp3) is 0.571. The molecule has 1 aromatic rings. The van der Waals surface area contributed by atoms with Gasteiger partial charge in [-0.05, 0) is 18.9 Å². The molecule has 2 N–H and O–H groups in total. The van der Waals surface area contributed by atoms with Crippen LogP contribution < -0.4 is 10.6 Å². The Kier molecular flexibility index (Phi) is 4.04. The van der Waals surface area contributed by atoms with E-state index in [2.05, 4.69) is 0 Å². The molecule has 0 spiro atoms. The molecule has 1 aliphatic rings. The lowest BCUT2D eigenvalue weighted by atomic mass is 10.1. The average Bonchev–Trinajstić information content (AvgIpc) is 2.61. The van der Waals surface area contributed by atoms with Crippen molar-refractivity contribution in [2.75, 3.05) is 17.7 Å². The Morgan fingerprint density at radius 3 is 2.33 bits per heavy atom. The number of rotatable bonds is 2. The van der Waals surface area contributed by atoms with Gasteiger partial charge in [0.25, 0.3) is 0 Å². The van der Waals surface area contributed by atoms with E-state index in [1.54, 1.807) is 0 Å². The fourth-order valence-electron chi connectivity index (χ4n) is 2.70. The zero-order valence-corrected chi connectivity index (χ0v) is 10.8. The van der Waals surface area contributed by atoms with E-state index in [1.165, 1.54) is 31.7 Å². The summed E-state index contributed by atoms with van der Waals surface area (Å²) in [7, 11) is 1.88. The van der Waals surface area contributed by atoms with Gasteiger partial charge >= 0.3 is 0 Å². The van der Waals surface area contributed by atoms with Crippen LogP contribution in [0.2, 0.25) is 0 Å². The summed E-state index contributed by atoms with van der Waals surface area (Å²) >= 11 is 0. The van der Waals surface area contributed by atoms with Crippen LogP contribution in [0.15, 0.2) is 12.1 Å². The largest absolute Gasteiger partial charge is 0.395 e. The van der Waals surface area contributed by atoms with Gasteiger partial charge in [-0.15, -0.1) is 0 Å². The SMILES string of the molecule is CN(c1cc(F)cc(F)c1N)C1CCCCCC1. The molecule has 2 rings (SSSR count). The van der Waals surface area contributed by atoms with Crippen molar-refractivity contribution in [3.63, 3.8) is 0 Å². The van der Waals surface area contributed by atoms with Crippen molar-refractivity contribution >= 4 is 11.4 Å². The summed E-state index contributed by atoms with van der Waals surface area (Å²) in [4.78, 5) is 1.94. The Hall–Kier alpha value is -1.32. The molecule has 0 bridgehead atoms. The molecule has 0 unspecified atom stereocenters. The van der Waals surface area contributed by atoms with Crippen LogP contribution in [0.5, 0.6) is 0 Å². The first-order chi connectivity index (χ1) is 8.59. The average molecular weight is 254 g/mol. The van der Waals surface area contributed by atoms with Gasteiger partial charge in [0.1, 0.15) is 5.82 Å². The Balaban J connectivity index is 2.24. The van der Waals surface area contributed by atoms with Crippen molar-refractivity contribution in [3.05, 3.63) is 23.8 Å². The number of anilines is 2. The molecular formula is C14H20F2N2. The number of hydrogen-bond acceptors (Lipinski definition) is 2. The third-order valence-corrected chi connectivity index (χ3v) is 3.82. The number of nitrogens with zero attached hydrogens (tertiary/aromatic N) is 1. The first kappa shape index (κ1) is 13.1. The maximum absolute atomic E-state index is 13.5. The molecule has 1 saturated carbocycles. The predicted molar refractivity (Wildman–Crippen MR) is 70.7 cm³/mol. The summed E-state index contributed by atoms with van der Waals surface area (Å²) in [6.45, 7) is 0. The zero-order chi connectivity index (χ0) is 13.1. The molecule has 0 atom stereocenters. The second kappa shape index (κ2) is 5.55. The van der Waals surface area contributed by atoms with Gasteiger partial charge in [-0.3, -0.25) is 0 Å². The van der Waals surface area contributed by atoms with E-state index in [9.17, 15) is 8.78 Å². The maximum atomic E-state index is 13.5. The van der Waals surface area contributed by atoms with E-state index < -0.39 is 11.6 Å². The van der Waals surface area contributed by atoms with Crippen LogP contribution >= 0.6 is 0 Å². The molecule has 0 aliphatic heterocycles. The normalized spacial score (nSPS) is 17.5. The number of benzene rings is 1. The van der Waals surface area contributed by atoms with E-state index in [0.717, 1.165) is 18.9 Å². The van der Waals surface area contributed by atoms with Gasteiger partial charge in [0.15, 0.2) is 5.82 Å². The van der Waals surface area contributed by atoms with Gasteiger partial charge in [-0.2, -0.15) is 0 Å². The molecule has 0 saturated heterocycles. The van der Waals surface area contributed by atoms with E-state index >= 15 is 0 Å². The van der Waals surface area contributed by atoms with Gasteiger partial charge in [0.2, 0.25) is 0 Å². The van der Waals surface area contributed by atoms with Crippen LogP contribution in [0.4, 0.5) is 20.2 Å². The first-order valence-electron chi connectivity index (χ1n) is 6.57. The molecule has 0 aromatic heterocycles. The minimum Gasteiger partial charge on any atom is -0.395 e. The highest BCUT2D eigenvalue weighted by atomic mass is 19.1. The molecule has 1 fully saturated rings. The smallest absolute Gasteiger partial charge is 0.151 e. The molecule has 4 heteroatoms. The van der Waals surface area contributed by atoms with Gasteiger partial charge in [-0.25, -0.2) is 8.78 Å². The van der Waals surface area contributed by atoms with Crippen molar-refractivity contribution in [1.82, 2.24) is 0 Å². The third kappa shape index (κ3) is 2.74. The molecule has 100 valence electrons. The highest BCUT2D eigenvalue weighted by molar-refractivity contribution is 5.68. The topological polar surface area (TPSA) is 29.3 Å². The highest BCUT2D eigenvalue weighted by Crippen LogP contribution is 2.31. The van der Waals surface area contributed by atoms with Crippen molar-refractivity contribution < 1.29 is 8.78 Å². The molecule has 18 heavy (non-hydrogen) atoms. The third-order valence-electron chi connectivity index (χ3n) is 3.82. The lowest BCUT2D eigenvalue weighted by Crippen LogP contribution is -2.32. The van der Waals surface area contributed by atoms with Crippen molar-refractivity contribution in [1.29, 1.82) is 0 Å². The molecular weight excluding hydrogens is 234 g/mol. The van der Waals surface area contributed by atoms with Crippen molar-refractivity contribution in [2.45, 2.75) is 44.6 Å². The van der Waals surface area contributed by atoms with E-state index in [1.807, 2.05) is 11.9 Å². The van der Waals surface area contributed by atoms with Crippen LogP contribution in [-0.2, 0) is 0 Å². The standard InChI is InChI=1S/C14H20F2N2/c1-18(11-6-4-2-3-5-7-11)13-9-10(15)8-12(16)14(13)17/h8-9,11H,2-7,17H2,1H3. The molecule has 0 radical (unpaired) electrons. The van der Waals surface area contributed by atoms with Gasteiger partial charge < -0.3 is 10.6 Å². The highest BCUT2D eigenvalue weighted by Gasteiger charge is 2.20. The summed E-state index contributed by atoms with van der Waals surface area (Å²) in [5.74, 6) is -1.25. The van der Waals surface area contributed by atoms with Crippen LogP contribution in [0, 0.1) is 11.6 Å². The van der Waals surface area contributed by atoms with Gasteiger partial charge in [0, 0.05) is 19.2 Å². The van der Waals surface area contributed by atoms with Crippen LogP contribution in [-0.4, -0.2) is 13.1 Å². The second-order valence-electron chi connectivity index (χ2n) is 5.08. The number of hydrogen-bond donors (Lipinski definition) is 1. The molecule has 2 nitrogen and oxygen atoms in total. The summed E-state index contributed by atoms with van der Waals surface area (Å²) in [5.41, 5.74) is 6.23. The number of halogens is 2. The number of nitrogen functional groups attached to an aromatic ring is 1. The molecule has 1 aliphatic carbocycles. The Morgan fingerprint density at radius 1 is 1.11 bits per heavy atom. The molecule has 0 amide bonds. The Morgan fingerprint density at radius 2 is 1.72 bits per heavy atom. The summed E-state index contributed by atoms with van der Waals surface area (Å²) < 4.78 is 26.7. The maximum Gasteiger partial charge on any atom is 0.151 e. The summed E-state index contributed by atoms with van der Waals surface area (Å²) in [6.07, 6.45) is 6.97. The zero-order valence-electron chi connectivity index (χ0n) is 10.8. The van der Waals surface area contributed by atoms with Gasteiger partial charge in [-0.1, -0.05) is 25.7 Å². The minimum atomic E-state index is -0.675. The Labute approximate surface area is 107 Å². The quantitative estimate of drug-likeness (QED) is 0.644. The lowest BCUT2D eigenvalue weighted by Gasteiger charge is -2.30. The van der Waals surface area contributed by atoms with E-state index in [0.29, 0.717) is 11.7 Å². The summed E-state index contributed by atoms with van der Waals surface area (Å²) in [5, 5.41) is 0. The fourth-order valence-corrected chi connectivity index (χ4v) is 2.70. The Bertz CT molecular complexity index is 413.